The molecule has 0 radical (unpaired) electrons. The van der Waals surface area contributed by atoms with Crippen molar-refractivity contribution in [3.8, 4) is 0 Å². The molecule has 1 unspecified atom stereocenters. The zero-order valence-electron chi connectivity index (χ0n) is 2.83. The Hall–Kier alpha value is 1.89. The predicted molar refractivity (Wildman–Crippen MR) is 51.6 cm³/mol. The van der Waals surface area contributed by atoms with Gasteiger partial charge >= 0.3 is 0 Å². The van der Waals surface area contributed by atoms with E-state index >= 15 is 0 Å². The molecule has 0 aliphatic heterocycles. The second kappa shape index (κ2) is 3.16. The molecule has 7 heteroatoms. The molecule has 0 saturated carbocycles. The van der Waals surface area contributed by atoms with Gasteiger partial charge in [0.05, 0.1) is 0 Å². The highest BCUT2D eigenvalue weighted by atomic mass is 127. The molecule has 0 rings (SSSR count). The van der Waals surface area contributed by atoms with Gasteiger partial charge in [0.25, 0.3) is 0 Å². The van der Waals surface area contributed by atoms with Crippen LogP contribution < -0.4 is 0 Å². The fraction of sp³-hybridized carbons (Fsp3) is 0. The highest BCUT2D eigenvalue weighted by Gasteiger charge is 1.77. The van der Waals surface area contributed by atoms with Crippen molar-refractivity contribution >= 4 is 66.5 Å². The van der Waals surface area contributed by atoms with E-state index in [1.54, 1.807) is 21.2 Å². The molecule has 0 aliphatic rings. The van der Waals surface area contributed by atoms with Gasteiger partial charge in [0.2, 0.25) is 0 Å². The first-order valence-electron chi connectivity index (χ1n) is 0.988. The summed E-state index contributed by atoms with van der Waals surface area (Å²) in [6.07, 6.45) is 0. The van der Waals surface area contributed by atoms with Crippen LogP contribution in [0.2, 0.25) is 0 Å². The van der Waals surface area contributed by atoms with E-state index in [1.165, 1.54) is 0 Å². The summed E-state index contributed by atoms with van der Waals surface area (Å²) in [5.41, 5.74) is 0. The Kier molecular flexibility index (Phi) is 4.01. The maximum absolute atomic E-state index is 10.5. The molecule has 1 nitrogen and oxygen atoms in total. The summed E-state index contributed by atoms with van der Waals surface area (Å²) in [7, 11) is -0.937. The van der Waals surface area contributed by atoms with Crippen molar-refractivity contribution in [2.75, 3.05) is 0 Å². The summed E-state index contributed by atoms with van der Waals surface area (Å²) in [4.78, 5) is 0. The van der Waals surface area contributed by atoms with Crippen LogP contribution in [0.5, 0.6) is 0 Å². The van der Waals surface area contributed by atoms with Crippen molar-refractivity contribution in [2.45, 2.75) is 0 Å². The number of hydrogen-bond donors (Lipinski definition) is 0. The van der Waals surface area contributed by atoms with Crippen molar-refractivity contribution in [2.24, 2.45) is 0 Å². The molecule has 0 aromatic rings. The molecular weight excluding hydrogens is 303 g/mol. The number of rotatable bonds is 1. The lowest BCUT2D eigenvalue weighted by Gasteiger charge is -1.94. The maximum Gasteiger partial charge on any atom is 0.0239 e. The Balaban J connectivity index is 4.82. The van der Waals surface area contributed by atoms with Crippen LogP contribution in [0, 0.1) is 0 Å². The molecule has 1 atom stereocenters. The lowest BCUT2D eigenvalue weighted by molar-refractivity contribution is 0.699. The van der Waals surface area contributed by atoms with Gasteiger partial charge < -0.3 is 0 Å². The minimum absolute atomic E-state index is 0.937. The molecule has 0 fully saturated rings. The summed E-state index contributed by atoms with van der Waals surface area (Å²) in [5, 5.41) is 0. The molecule has 0 bridgehead atoms. The Morgan fingerprint density at radius 2 is 1.71 bits per heavy atom. The van der Waals surface area contributed by atoms with Gasteiger partial charge in [0, 0.05) is 25.9 Å². The molecule has 0 spiro atoms. The molecular formula is IOS5-. The first-order chi connectivity index (χ1) is 2.94. The third kappa shape index (κ3) is 4.40. The van der Waals surface area contributed by atoms with Gasteiger partial charge in [-0.1, -0.05) is 0 Å². The highest BCUT2D eigenvalue weighted by molar-refractivity contribution is 14.2. The largest absolute Gasteiger partial charge is 0.267 e. The van der Waals surface area contributed by atoms with E-state index in [0.717, 1.165) is 0 Å². The second-order valence-electron chi connectivity index (χ2n) is 0.597. The maximum atomic E-state index is 10.5. The van der Waals surface area contributed by atoms with Crippen LogP contribution in [0.1, 0.15) is 0 Å². The fourth-order valence-electron chi connectivity index (χ4n) is 0. The molecule has 0 heterocycles. The lowest BCUT2D eigenvalue weighted by atomic mass is 16.0. The zero-order valence-corrected chi connectivity index (χ0v) is 9.07. The van der Waals surface area contributed by atoms with E-state index in [-0.39, 0.29) is 0 Å². The molecule has 0 amide bonds. The molecule has 44 valence electrons. The smallest absolute Gasteiger partial charge is 0.0239 e. The average molecular weight is 303 g/mol. The van der Waals surface area contributed by atoms with Crippen molar-refractivity contribution in [3.05, 3.63) is 0 Å². The standard InChI is InChI=1S/IOS5/c1-7(2,5)6(3)4/q-1. The Morgan fingerprint density at radius 3 is 1.71 bits per heavy atom. The number of halogens is 1. The first-order valence-corrected chi connectivity index (χ1v) is 9.61. The molecule has 0 N–H and O–H groups in total. The van der Waals surface area contributed by atoms with Gasteiger partial charge in [-0.05, 0) is 11.2 Å². The summed E-state index contributed by atoms with van der Waals surface area (Å²) >= 11 is 15.0. The van der Waals surface area contributed by atoms with Gasteiger partial charge in [0.15, 0.2) is 0 Å². The van der Waals surface area contributed by atoms with E-state index in [2.05, 4.69) is 33.6 Å². The Morgan fingerprint density at radius 1 is 1.57 bits per heavy atom. The predicted octanol–water partition coefficient (Wildman–Crippen LogP) is 0.540. The molecule has 0 aromatic heterocycles. The molecule has 0 aromatic carbocycles. The topological polar surface area (TPSA) is 17.1 Å². The number of hydrogen-bond acceptors (Lipinski definition) is 5. The van der Waals surface area contributed by atoms with E-state index in [4.69, 9.17) is 0 Å². The summed E-state index contributed by atoms with van der Waals surface area (Å²) in [6.45, 7) is 0. The Bertz CT molecular complexity index is 196. The quantitative estimate of drug-likeness (QED) is 0.304. The minimum atomic E-state index is -2.28. The first kappa shape index (κ1) is 8.89. The van der Waals surface area contributed by atoms with Crippen molar-refractivity contribution in [1.29, 1.82) is 0 Å². The van der Waals surface area contributed by atoms with Crippen LogP contribution in [-0.2, 0) is 45.3 Å². The Labute approximate surface area is 69.7 Å². The highest BCUT2D eigenvalue weighted by Crippen LogP contribution is 2.01. The SMILES string of the molecule is O=S(=S)(I)[S-](=S)=S. The third-order valence-electron chi connectivity index (χ3n) is 0.163. The normalized spacial score (nSPS) is 19.1. The van der Waals surface area contributed by atoms with Crippen molar-refractivity contribution in [3.63, 3.8) is 0 Å². The van der Waals surface area contributed by atoms with Crippen molar-refractivity contribution in [1.82, 2.24) is 0 Å². The van der Waals surface area contributed by atoms with Crippen LogP contribution in [0.15, 0.2) is 0 Å². The van der Waals surface area contributed by atoms with E-state index in [9.17, 15) is 4.21 Å². The van der Waals surface area contributed by atoms with Crippen LogP contribution in [-0.4, -0.2) is 4.21 Å². The molecule has 0 aliphatic carbocycles. The fourth-order valence-corrected chi connectivity index (χ4v) is 0. The third-order valence-corrected chi connectivity index (χ3v) is 15.3. The van der Waals surface area contributed by atoms with Crippen LogP contribution in [0.25, 0.3) is 0 Å². The summed E-state index contributed by atoms with van der Waals surface area (Å²) in [5.74, 6) is 0. The summed E-state index contributed by atoms with van der Waals surface area (Å²) in [6, 6.07) is 0. The second-order valence-corrected chi connectivity index (χ2v) is 17.4. The molecule has 0 saturated heterocycles. The molecule has 7 heavy (non-hydrogen) atoms. The lowest BCUT2D eigenvalue weighted by Crippen LogP contribution is -1.80. The zero-order chi connectivity index (χ0) is 6.08. The van der Waals surface area contributed by atoms with Crippen LogP contribution >= 0.6 is 21.2 Å². The van der Waals surface area contributed by atoms with E-state index in [1.807, 2.05) is 0 Å². The van der Waals surface area contributed by atoms with Gasteiger partial charge in [-0.25, -0.2) is 29.4 Å². The van der Waals surface area contributed by atoms with E-state index < -0.39 is 11.7 Å². The van der Waals surface area contributed by atoms with Gasteiger partial charge in [-0.15, -0.1) is 0 Å². The summed E-state index contributed by atoms with van der Waals surface area (Å²) < 4.78 is 8.21. The van der Waals surface area contributed by atoms with Crippen molar-refractivity contribution < 1.29 is 4.21 Å². The van der Waals surface area contributed by atoms with E-state index in [0.29, 0.717) is 0 Å². The van der Waals surface area contributed by atoms with Gasteiger partial charge in [-0.2, -0.15) is 0 Å². The van der Waals surface area contributed by atoms with Gasteiger partial charge in [0.1, 0.15) is 0 Å². The van der Waals surface area contributed by atoms with Crippen LogP contribution in [0.3, 0.4) is 0 Å². The van der Waals surface area contributed by atoms with Crippen LogP contribution in [0.4, 0.5) is 0 Å². The monoisotopic (exact) mass is 303 g/mol. The van der Waals surface area contributed by atoms with Gasteiger partial charge in [-0.3, -0.25) is 4.21 Å². The average Bonchev–Trinajstić information content (AvgIpc) is 1.31. The minimum Gasteiger partial charge on any atom is -0.267 e.